The number of hydrogen-bond donors (Lipinski definition) is 2. The Kier molecular flexibility index (Phi) is 5.16. The second kappa shape index (κ2) is 7.53. The highest BCUT2D eigenvalue weighted by atomic mass is 19.1. The van der Waals surface area contributed by atoms with Crippen LogP contribution in [0.1, 0.15) is 39.4 Å². The number of anilines is 1. The zero-order chi connectivity index (χ0) is 19.6. The van der Waals surface area contributed by atoms with Crippen LogP contribution in [0, 0.1) is 18.7 Å². The van der Waals surface area contributed by atoms with Crippen LogP contribution in [0.4, 0.5) is 10.1 Å². The van der Waals surface area contributed by atoms with E-state index in [2.05, 4.69) is 17.0 Å². The van der Waals surface area contributed by atoms with Crippen molar-refractivity contribution >= 4 is 30.4 Å². The van der Waals surface area contributed by atoms with E-state index >= 15 is 0 Å². The molecule has 0 heterocycles. The highest BCUT2D eigenvalue weighted by molar-refractivity contribution is 5.95. The molecule has 5 nitrogen and oxygen atoms in total. The Labute approximate surface area is 156 Å². The Morgan fingerprint density at radius 2 is 2.07 bits per heavy atom. The third kappa shape index (κ3) is 4.11. The molecule has 3 rings (SSSR count). The smallest absolute Gasteiger partial charge is 0.335 e. The van der Waals surface area contributed by atoms with Gasteiger partial charge in [0.2, 0.25) is 5.91 Å². The first kappa shape index (κ1) is 18.5. The maximum absolute atomic E-state index is 14.1. The fourth-order valence-corrected chi connectivity index (χ4v) is 3.06. The van der Waals surface area contributed by atoms with Crippen LogP contribution in [0.5, 0.6) is 0 Å². The summed E-state index contributed by atoms with van der Waals surface area (Å²) in [6.45, 7) is 5.34. The summed E-state index contributed by atoms with van der Waals surface area (Å²) in [4.78, 5) is 27.3. The number of rotatable bonds is 6. The topological polar surface area (TPSA) is 78.8 Å². The molecule has 2 aromatic rings. The van der Waals surface area contributed by atoms with Crippen molar-refractivity contribution in [2.24, 2.45) is 10.9 Å². The molecule has 0 radical (unpaired) electrons. The van der Waals surface area contributed by atoms with Crippen molar-refractivity contribution in [3.63, 3.8) is 0 Å². The molecule has 0 aromatic heterocycles. The Bertz CT molecular complexity index is 952. The number of nitrogens with one attached hydrogen (secondary N) is 1. The number of carboxylic acids is 1. The first-order valence-corrected chi connectivity index (χ1v) is 8.47. The maximum atomic E-state index is 14.1. The van der Waals surface area contributed by atoms with Crippen LogP contribution in [0.15, 0.2) is 47.6 Å². The molecule has 2 N–H and O–H groups in total. The van der Waals surface area contributed by atoms with Gasteiger partial charge in [-0.2, -0.15) is 0 Å². The van der Waals surface area contributed by atoms with Gasteiger partial charge in [0.25, 0.3) is 0 Å². The lowest BCUT2D eigenvalue weighted by atomic mass is 10.0. The number of halogens is 1. The predicted molar refractivity (Wildman–Crippen MR) is 103 cm³/mol. The quantitative estimate of drug-likeness (QED) is 0.750. The normalized spacial score (nSPS) is 18.3. The molecule has 2 atom stereocenters. The van der Waals surface area contributed by atoms with Gasteiger partial charge in [0.1, 0.15) is 5.82 Å². The van der Waals surface area contributed by atoms with Crippen LogP contribution in [-0.4, -0.2) is 23.7 Å². The summed E-state index contributed by atoms with van der Waals surface area (Å²) in [5, 5.41) is 11.9. The summed E-state index contributed by atoms with van der Waals surface area (Å²) < 4.78 is 14.1. The Morgan fingerprint density at radius 1 is 1.30 bits per heavy atom. The SMILES string of the molecule is C=N/C=C\c1cc(NC(=O)[C@@H]2C[C@H]2c2cc(C(=O)O)ccc2F)ccc1C. The Balaban J connectivity index is 1.73. The number of aliphatic imine (C=N–C) groups is 1. The van der Waals surface area contributed by atoms with Gasteiger partial charge in [-0.05, 0) is 79.1 Å². The van der Waals surface area contributed by atoms with Crippen molar-refractivity contribution in [2.45, 2.75) is 19.3 Å². The fraction of sp³-hybridized carbons (Fsp3) is 0.190. The summed E-state index contributed by atoms with van der Waals surface area (Å²) in [6.07, 6.45) is 3.86. The number of benzene rings is 2. The molecule has 0 saturated heterocycles. The van der Waals surface area contributed by atoms with Crippen LogP contribution in [-0.2, 0) is 4.79 Å². The van der Waals surface area contributed by atoms with Gasteiger partial charge in [0, 0.05) is 17.8 Å². The average molecular weight is 366 g/mol. The van der Waals surface area contributed by atoms with E-state index in [4.69, 9.17) is 5.11 Å². The molecule has 1 fully saturated rings. The number of carbonyl (C=O) groups is 2. The number of carbonyl (C=O) groups excluding carboxylic acids is 1. The second-order valence-electron chi connectivity index (χ2n) is 6.55. The maximum Gasteiger partial charge on any atom is 0.335 e. The molecule has 1 aliphatic carbocycles. The van der Waals surface area contributed by atoms with Gasteiger partial charge < -0.3 is 10.4 Å². The zero-order valence-electron chi connectivity index (χ0n) is 14.8. The van der Waals surface area contributed by atoms with E-state index in [0.29, 0.717) is 12.1 Å². The van der Waals surface area contributed by atoms with Crippen molar-refractivity contribution in [1.29, 1.82) is 0 Å². The summed E-state index contributed by atoms with van der Waals surface area (Å²) in [5.41, 5.74) is 2.88. The van der Waals surface area contributed by atoms with Gasteiger partial charge in [0.15, 0.2) is 0 Å². The van der Waals surface area contributed by atoms with Gasteiger partial charge in [-0.25, -0.2) is 9.18 Å². The second-order valence-corrected chi connectivity index (χ2v) is 6.55. The number of aryl methyl sites for hydroxylation is 1. The fourth-order valence-electron chi connectivity index (χ4n) is 3.06. The molecule has 1 saturated carbocycles. The van der Waals surface area contributed by atoms with Crippen LogP contribution in [0.3, 0.4) is 0 Å². The standard InChI is InChI=1S/C21H19FN2O3/c1-12-3-5-15(9-13(12)7-8-23-2)24-20(25)18-11-16(18)17-10-14(21(26)27)4-6-19(17)22/h3-10,16,18H,2,11H2,1H3,(H,24,25)(H,26,27)/b8-7-/t16-,18+/m0/s1. The van der Waals surface area contributed by atoms with Crippen molar-refractivity contribution in [2.75, 3.05) is 5.32 Å². The lowest BCUT2D eigenvalue weighted by Crippen LogP contribution is -2.15. The van der Waals surface area contributed by atoms with E-state index in [-0.39, 0.29) is 28.9 Å². The molecule has 6 heteroatoms. The van der Waals surface area contributed by atoms with Gasteiger partial charge in [0.05, 0.1) is 5.56 Å². The first-order chi connectivity index (χ1) is 12.9. The number of amides is 1. The van der Waals surface area contributed by atoms with E-state index in [9.17, 15) is 14.0 Å². The van der Waals surface area contributed by atoms with Gasteiger partial charge in [-0.15, -0.1) is 0 Å². The molecule has 1 aliphatic rings. The van der Waals surface area contributed by atoms with E-state index in [0.717, 1.165) is 17.2 Å². The lowest BCUT2D eigenvalue weighted by molar-refractivity contribution is -0.117. The summed E-state index contributed by atoms with van der Waals surface area (Å²) in [7, 11) is 0. The van der Waals surface area contributed by atoms with Crippen LogP contribution in [0.2, 0.25) is 0 Å². The molecule has 2 aromatic carbocycles. The van der Waals surface area contributed by atoms with Gasteiger partial charge in [-0.1, -0.05) is 6.07 Å². The van der Waals surface area contributed by atoms with Crippen molar-refractivity contribution in [3.05, 3.63) is 70.7 Å². The molecule has 0 bridgehead atoms. The highest BCUT2D eigenvalue weighted by Gasteiger charge is 2.45. The van der Waals surface area contributed by atoms with Crippen LogP contribution >= 0.6 is 0 Å². The molecule has 27 heavy (non-hydrogen) atoms. The Morgan fingerprint density at radius 3 is 2.78 bits per heavy atom. The highest BCUT2D eigenvalue weighted by Crippen LogP contribution is 2.49. The molecular formula is C21H19FN2O3. The third-order valence-electron chi connectivity index (χ3n) is 4.68. The summed E-state index contributed by atoms with van der Waals surface area (Å²) in [5.74, 6) is -2.49. The van der Waals surface area contributed by atoms with Gasteiger partial charge >= 0.3 is 5.97 Å². The first-order valence-electron chi connectivity index (χ1n) is 8.47. The average Bonchev–Trinajstić information content (AvgIpc) is 3.43. The third-order valence-corrected chi connectivity index (χ3v) is 4.68. The molecule has 0 unspecified atom stereocenters. The van der Waals surface area contributed by atoms with Crippen molar-refractivity contribution in [1.82, 2.24) is 0 Å². The molecule has 1 amide bonds. The molecule has 138 valence electrons. The van der Waals surface area contributed by atoms with E-state index < -0.39 is 11.8 Å². The minimum Gasteiger partial charge on any atom is -0.478 e. The van der Waals surface area contributed by atoms with Crippen LogP contribution in [0.25, 0.3) is 6.08 Å². The summed E-state index contributed by atoms with van der Waals surface area (Å²) in [6, 6.07) is 9.19. The summed E-state index contributed by atoms with van der Waals surface area (Å²) >= 11 is 0. The molecular weight excluding hydrogens is 347 g/mol. The van der Waals surface area contributed by atoms with Gasteiger partial charge in [-0.3, -0.25) is 9.79 Å². The number of aromatic carboxylic acids is 1. The largest absolute Gasteiger partial charge is 0.478 e. The van der Waals surface area contributed by atoms with Crippen molar-refractivity contribution in [3.8, 4) is 0 Å². The Hall–Kier alpha value is -3.28. The minimum atomic E-state index is -1.12. The van der Waals surface area contributed by atoms with E-state index in [1.807, 2.05) is 19.1 Å². The van der Waals surface area contributed by atoms with E-state index in [1.165, 1.54) is 12.1 Å². The predicted octanol–water partition coefficient (Wildman–Crippen LogP) is 4.25. The van der Waals surface area contributed by atoms with Crippen LogP contribution < -0.4 is 5.32 Å². The molecule has 0 aliphatic heterocycles. The van der Waals surface area contributed by atoms with Crippen molar-refractivity contribution < 1.29 is 19.1 Å². The van der Waals surface area contributed by atoms with E-state index in [1.54, 1.807) is 18.3 Å². The number of carboxylic acid groups (broad SMARTS) is 1. The lowest BCUT2D eigenvalue weighted by Gasteiger charge is -2.08. The minimum absolute atomic E-state index is 0.0169. The monoisotopic (exact) mass is 366 g/mol. The number of nitrogens with zero attached hydrogens (tertiary/aromatic N) is 1. The zero-order valence-corrected chi connectivity index (χ0v) is 14.8. The number of hydrogen-bond acceptors (Lipinski definition) is 3. The molecule has 0 spiro atoms.